The van der Waals surface area contributed by atoms with Gasteiger partial charge < -0.3 is 49.1 Å². The smallest absolute Gasteiger partial charge is 0.350 e. The molecule has 4 aliphatic rings. The number of benzene rings is 3. The Labute approximate surface area is 410 Å². The number of aliphatic carboxylic acids is 1. The maximum atomic E-state index is 15.7. The standard InChI is InChI=1S/C53H59NO17/c1-28-34(68-47(62)41(69-37(58)26-49(4,5)48(63)64)39(31-18-12-9-13-19-31)54-45(60)32-20-14-10-15-21-32)25-53(65)44(70-46(61)33-22-16-11-17-23-33)42-51(8,35(57)24-36-52(42,27-66-36)71-30(3)56)43(59)40(67-29(2)55)38(28)50(53,6)7/h9-23,34-36,39-42,44,57,65H,24-27H2,1-8H3,(H,54,60)(H,63,64)/t34-,35-,36+,39-,40+,41+,42?,44-,51+,52-,53+/m0/s1. The van der Waals surface area contributed by atoms with Crippen LogP contribution in [0, 0.1) is 22.2 Å². The number of carbonyl (C=O) groups excluding carboxylic acids is 7. The number of ether oxygens (including phenoxy) is 6. The van der Waals surface area contributed by atoms with E-state index in [-0.39, 0.29) is 40.9 Å². The predicted octanol–water partition coefficient (Wildman–Crippen LogP) is 4.79. The minimum absolute atomic E-state index is 0.0204. The number of ketones is 1. The molecule has 18 heteroatoms. The molecular formula is C53H59NO17. The number of hydrogen-bond acceptors (Lipinski definition) is 16. The van der Waals surface area contributed by atoms with Crippen molar-refractivity contribution < 1.29 is 82.1 Å². The third-order valence-electron chi connectivity index (χ3n) is 14.9. The van der Waals surface area contributed by atoms with E-state index in [0.29, 0.717) is 0 Å². The lowest BCUT2D eigenvalue weighted by molar-refractivity contribution is -0.346. The van der Waals surface area contributed by atoms with E-state index in [1.54, 1.807) is 66.7 Å². The lowest BCUT2D eigenvalue weighted by Gasteiger charge is -2.67. The van der Waals surface area contributed by atoms with Crippen molar-refractivity contribution in [2.75, 3.05) is 6.61 Å². The third kappa shape index (κ3) is 9.35. The molecule has 3 aromatic rings. The SMILES string of the molecule is CC(=O)O[C@H]1C(=O)[C@@]2(C)C([C@H](OC(=O)c3ccccc3)[C@]3(O)C[C@H](OC(=O)[C@H](OC(=O)CC(C)(C)C(=O)O)[C@@H](NC(=O)c4ccccc4)c4ccccc4)C(C)=C1C3(C)C)[C@]1(OC(C)=O)CO[C@@H]1C[C@@H]2O. The van der Waals surface area contributed by atoms with Gasteiger partial charge in [-0.25, -0.2) is 9.59 Å². The van der Waals surface area contributed by atoms with E-state index < -0.39 is 136 Å². The van der Waals surface area contributed by atoms with Crippen molar-refractivity contribution in [3.05, 3.63) is 119 Å². The van der Waals surface area contributed by atoms with Gasteiger partial charge in [0.15, 0.2) is 17.5 Å². The molecule has 378 valence electrons. The minimum atomic E-state index is -2.51. The first kappa shape index (κ1) is 52.1. The summed E-state index contributed by atoms with van der Waals surface area (Å²) in [5.41, 5.74) is -9.50. The van der Waals surface area contributed by atoms with Crippen LogP contribution in [-0.2, 0) is 57.2 Å². The number of aliphatic hydroxyl groups is 2. The molecule has 1 heterocycles. The van der Waals surface area contributed by atoms with Crippen molar-refractivity contribution >= 4 is 47.5 Å². The van der Waals surface area contributed by atoms with E-state index in [9.17, 15) is 44.1 Å². The number of Topliss-reactive ketones (excluding diaryl/α,β-unsaturated/α-hetero) is 1. The summed E-state index contributed by atoms with van der Waals surface area (Å²) in [6.07, 6.45) is -11.9. The quantitative estimate of drug-likeness (QED) is 0.0961. The summed E-state index contributed by atoms with van der Waals surface area (Å²) in [7, 11) is 0. The monoisotopic (exact) mass is 981 g/mol. The van der Waals surface area contributed by atoms with Gasteiger partial charge in [0.25, 0.3) is 5.91 Å². The second-order valence-electron chi connectivity index (χ2n) is 20.2. The predicted molar refractivity (Wildman–Crippen MR) is 248 cm³/mol. The number of hydrogen-bond donors (Lipinski definition) is 4. The fraction of sp³-hybridized carbons (Fsp3) is 0.472. The van der Waals surface area contributed by atoms with Crippen LogP contribution in [0.15, 0.2) is 102 Å². The molecule has 1 unspecified atom stereocenters. The van der Waals surface area contributed by atoms with E-state index in [4.69, 9.17) is 28.4 Å². The number of nitrogens with one attached hydrogen (secondary N) is 1. The summed E-state index contributed by atoms with van der Waals surface area (Å²) < 4.78 is 36.5. The zero-order valence-corrected chi connectivity index (χ0v) is 40.7. The Morgan fingerprint density at radius 3 is 1.94 bits per heavy atom. The summed E-state index contributed by atoms with van der Waals surface area (Å²) in [4.78, 5) is 112. The Morgan fingerprint density at radius 2 is 1.41 bits per heavy atom. The largest absolute Gasteiger partial charge is 0.481 e. The van der Waals surface area contributed by atoms with Crippen LogP contribution >= 0.6 is 0 Å². The molecular weight excluding hydrogens is 923 g/mol. The Morgan fingerprint density at radius 1 is 0.831 bits per heavy atom. The van der Waals surface area contributed by atoms with Crippen LogP contribution in [-0.4, -0.2) is 117 Å². The number of rotatable bonds is 14. The summed E-state index contributed by atoms with van der Waals surface area (Å²) in [5, 5.41) is 38.8. The average Bonchev–Trinajstić information content (AvgIpc) is 3.31. The number of fused-ring (bicyclic) bond motifs is 5. The van der Waals surface area contributed by atoms with Gasteiger partial charge >= 0.3 is 35.8 Å². The van der Waals surface area contributed by atoms with Gasteiger partial charge in [-0.05, 0) is 68.7 Å². The molecule has 2 bridgehead atoms. The van der Waals surface area contributed by atoms with Gasteiger partial charge in [-0.1, -0.05) is 80.6 Å². The van der Waals surface area contributed by atoms with Gasteiger partial charge in [0.1, 0.15) is 30.0 Å². The Hall–Kier alpha value is -6.76. The number of amides is 1. The van der Waals surface area contributed by atoms with Crippen LogP contribution < -0.4 is 5.32 Å². The van der Waals surface area contributed by atoms with Crippen LogP contribution in [0.3, 0.4) is 0 Å². The normalized spacial score (nSPS) is 29.4. The first-order chi connectivity index (χ1) is 33.3. The molecule has 18 nitrogen and oxygen atoms in total. The van der Waals surface area contributed by atoms with E-state index in [1.165, 1.54) is 65.8 Å². The highest BCUT2D eigenvalue weighted by molar-refractivity contribution is 5.96. The fourth-order valence-corrected chi connectivity index (χ4v) is 10.9. The zero-order valence-electron chi connectivity index (χ0n) is 40.7. The molecule has 0 radical (unpaired) electrons. The van der Waals surface area contributed by atoms with E-state index in [1.807, 2.05) is 0 Å². The van der Waals surface area contributed by atoms with Crippen LogP contribution in [0.4, 0.5) is 0 Å². The molecule has 3 fully saturated rings. The highest BCUT2D eigenvalue weighted by atomic mass is 16.6. The van der Waals surface area contributed by atoms with Gasteiger partial charge in [0.2, 0.25) is 6.10 Å². The second kappa shape index (κ2) is 19.4. The molecule has 7 rings (SSSR count). The molecule has 0 spiro atoms. The molecule has 0 aromatic heterocycles. The van der Waals surface area contributed by atoms with Crippen molar-refractivity contribution in [2.45, 2.75) is 129 Å². The van der Waals surface area contributed by atoms with Crippen molar-refractivity contribution in [2.24, 2.45) is 22.2 Å². The van der Waals surface area contributed by atoms with Crippen molar-refractivity contribution in [3.8, 4) is 0 Å². The van der Waals surface area contributed by atoms with Crippen LogP contribution in [0.2, 0.25) is 0 Å². The third-order valence-corrected chi connectivity index (χ3v) is 14.9. The number of aliphatic hydroxyl groups excluding tert-OH is 1. The lowest BCUT2D eigenvalue weighted by atomic mass is 9.44. The first-order valence-corrected chi connectivity index (χ1v) is 23.2. The topological polar surface area (TPSA) is 265 Å². The molecule has 1 saturated heterocycles. The van der Waals surface area contributed by atoms with Gasteiger partial charge in [0.05, 0.1) is 41.4 Å². The van der Waals surface area contributed by atoms with E-state index in [2.05, 4.69) is 5.32 Å². The Kier molecular flexibility index (Phi) is 14.3. The average molecular weight is 982 g/mol. The van der Waals surface area contributed by atoms with Crippen LogP contribution in [0.5, 0.6) is 0 Å². The minimum Gasteiger partial charge on any atom is -0.481 e. The molecule has 71 heavy (non-hydrogen) atoms. The van der Waals surface area contributed by atoms with Gasteiger partial charge in [-0.2, -0.15) is 0 Å². The maximum absolute atomic E-state index is 15.7. The molecule has 3 aliphatic carbocycles. The van der Waals surface area contributed by atoms with Gasteiger partial charge in [-0.3, -0.25) is 28.8 Å². The van der Waals surface area contributed by atoms with Crippen molar-refractivity contribution in [3.63, 3.8) is 0 Å². The van der Waals surface area contributed by atoms with E-state index in [0.717, 1.165) is 13.8 Å². The first-order valence-electron chi connectivity index (χ1n) is 23.2. The highest BCUT2D eigenvalue weighted by Crippen LogP contribution is 2.64. The molecule has 11 atom stereocenters. The van der Waals surface area contributed by atoms with E-state index >= 15 is 9.59 Å². The Bertz CT molecular complexity index is 2630. The van der Waals surface area contributed by atoms with Crippen LogP contribution in [0.25, 0.3) is 0 Å². The van der Waals surface area contributed by atoms with Crippen molar-refractivity contribution in [1.29, 1.82) is 0 Å². The highest BCUT2D eigenvalue weighted by Gasteiger charge is 2.78. The number of carboxylic acids is 1. The summed E-state index contributed by atoms with van der Waals surface area (Å²) in [6.45, 7) is 10.2. The summed E-state index contributed by atoms with van der Waals surface area (Å²) in [6, 6.07) is 22.1. The zero-order chi connectivity index (χ0) is 52.0. The van der Waals surface area contributed by atoms with Gasteiger partial charge in [0, 0.05) is 37.7 Å². The number of esters is 5. The summed E-state index contributed by atoms with van der Waals surface area (Å²) >= 11 is 0. The number of carboxylic acid groups (broad SMARTS) is 1. The Balaban J connectivity index is 1.43. The lowest BCUT2D eigenvalue weighted by Crippen LogP contribution is -2.82. The molecule has 1 amide bonds. The van der Waals surface area contributed by atoms with Gasteiger partial charge in [-0.15, -0.1) is 0 Å². The fourth-order valence-electron chi connectivity index (χ4n) is 10.9. The molecule has 4 N–H and O–H groups in total. The van der Waals surface area contributed by atoms with Crippen LogP contribution in [0.1, 0.15) is 107 Å². The molecule has 2 saturated carbocycles. The summed E-state index contributed by atoms with van der Waals surface area (Å²) in [5.74, 6) is -9.83. The number of carbonyl (C=O) groups is 8. The van der Waals surface area contributed by atoms with Crippen molar-refractivity contribution in [1.82, 2.24) is 5.32 Å². The molecule has 1 aliphatic heterocycles. The maximum Gasteiger partial charge on any atom is 0.350 e. The second-order valence-corrected chi connectivity index (χ2v) is 20.2. The molecule has 3 aromatic carbocycles.